The van der Waals surface area contributed by atoms with Crippen molar-refractivity contribution in [2.24, 2.45) is 0 Å². The highest BCUT2D eigenvalue weighted by atomic mass is 16.5. The predicted molar refractivity (Wildman–Crippen MR) is 71.2 cm³/mol. The first-order valence-electron chi connectivity index (χ1n) is 6.26. The van der Waals surface area contributed by atoms with E-state index in [0.29, 0.717) is 17.2 Å². The normalized spacial score (nSPS) is 16.6. The molecule has 2 aromatic rings. The molecule has 4 N–H and O–H groups in total. The second kappa shape index (κ2) is 4.85. The fourth-order valence-corrected chi connectivity index (χ4v) is 2.36. The molecule has 2 heterocycles. The standard InChI is InChI=1S/C12H16N6O/c13-9-5-8(6-10(14)7-9)12-15-16-17-18(12)11-1-3-19-4-2-11/h5-7,11H,1-4,13-14H2. The monoisotopic (exact) mass is 260 g/mol. The molecule has 3 rings (SSSR count). The number of nitrogens with two attached hydrogens (primary N) is 2. The van der Waals surface area contributed by atoms with E-state index in [2.05, 4.69) is 15.5 Å². The molecule has 0 aliphatic carbocycles. The van der Waals surface area contributed by atoms with Crippen LogP contribution in [0.2, 0.25) is 0 Å². The summed E-state index contributed by atoms with van der Waals surface area (Å²) < 4.78 is 7.20. The first-order chi connectivity index (χ1) is 9.24. The van der Waals surface area contributed by atoms with Crippen LogP contribution in [0.3, 0.4) is 0 Å². The Bertz CT molecular complexity index is 555. The van der Waals surface area contributed by atoms with Crippen LogP contribution in [-0.4, -0.2) is 33.4 Å². The molecule has 1 aromatic heterocycles. The Morgan fingerprint density at radius 2 is 1.79 bits per heavy atom. The lowest BCUT2D eigenvalue weighted by molar-refractivity contribution is 0.0662. The topological polar surface area (TPSA) is 105 Å². The molecule has 0 atom stereocenters. The summed E-state index contributed by atoms with van der Waals surface area (Å²) in [5.74, 6) is 0.700. The highest BCUT2D eigenvalue weighted by Gasteiger charge is 2.21. The molecule has 0 saturated carbocycles. The SMILES string of the molecule is Nc1cc(N)cc(-c2nnnn2C2CCOCC2)c1. The Balaban J connectivity index is 1.98. The maximum Gasteiger partial charge on any atom is 0.182 e. The Hall–Kier alpha value is -2.15. The van der Waals surface area contributed by atoms with E-state index in [0.717, 1.165) is 31.6 Å². The highest BCUT2D eigenvalue weighted by Crippen LogP contribution is 2.27. The summed E-state index contributed by atoms with van der Waals surface area (Å²) in [6, 6.07) is 5.64. The van der Waals surface area contributed by atoms with Crippen molar-refractivity contribution in [1.82, 2.24) is 20.2 Å². The first kappa shape index (κ1) is 11.9. The number of hydrogen-bond donors (Lipinski definition) is 2. The van der Waals surface area contributed by atoms with Gasteiger partial charge in [-0.1, -0.05) is 0 Å². The number of benzene rings is 1. The number of ether oxygens (including phenoxy) is 1. The molecule has 1 aliphatic rings. The Morgan fingerprint density at radius 3 is 2.47 bits per heavy atom. The number of tetrazole rings is 1. The molecule has 1 fully saturated rings. The fraction of sp³-hybridized carbons (Fsp3) is 0.417. The minimum absolute atomic E-state index is 0.265. The molecule has 1 aliphatic heterocycles. The molecule has 1 aromatic carbocycles. The second-order valence-corrected chi connectivity index (χ2v) is 4.68. The lowest BCUT2D eigenvalue weighted by Gasteiger charge is -2.22. The molecule has 7 heteroatoms. The zero-order chi connectivity index (χ0) is 13.2. The third-order valence-corrected chi connectivity index (χ3v) is 3.27. The average Bonchev–Trinajstić information content (AvgIpc) is 2.88. The van der Waals surface area contributed by atoms with Crippen LogP contribution in [0.25, 0.3) is 11.4 Å². The maximum absolute atomic E-state index is 5.82. The van der Waals surface area contributed by atoms with Crippen molar-refractivity contribution in [3.05, 3.63) is 18.2 Å². The summed E-state index contributed by atoms with van der Waals surface area (Å²) in [5.41, 5.74) is 13.7. The van der Waals surface area contributed by atoms with Crippen LogP contribution in [0.4, 0.5) is 11.4 Å². The molecule has 0 bridgehead atoms. The molecule has 7 nitrogen and oxygen atoms in total. The molecule has 0 spiro atoms. The molecule has 19 heavy (non-hydrogen) atoms. The third kappa shape index (κ3) is 2.37. The minimum atomic E-state index is 0.265. The molecule has 1 saturated heterocycles. The van der Waals surface area contributed by atoms with E-state index in [9.17, 15) is 0 Å². The predicted octanol–water partition coefficient (Wildman–Crippen LogP) is 0.856. The van der Waals surface area contributed by atoms with Gasteiger partial charge in [-0.25, -0.2) is 4.68 Å². The molecule has 0 amide bonds. The summed E-state index contributed by atoms with van der Waals surface area (Å²) >= 11 is 0. The van der Waals surface area contributed by atoms with Crippen molar-refractivity contribution in [2.45, 2.75) is 18.9 Å². The van der Waals surface area contributed by atoms with E-state index in [-0.39, 0.29) is 6.04 Å². The van der Waals surface area contributed by atoms with E-state index >= 15 is 0 Å². The van der Waals surface area contributed by atoms with Crippen molar-refractivity contribution in [3.63, 3.8) is 0 Å². The minimum Gasteiger partial charge on any atom is -0.399 e. The Labute approximate surface area is 110 Å². The lowest BCUT2D eigenvalue weighted by Crippen LogP contribution is -2.21. The summed E-state index contributed by atoms with van der Waals surface area (Å²) in [5, 5.41) is 12.0. The van der Waals surface area contributed by atoms with Crippen LogP contribution in [0.5, 0.6) is 0 Å². The van der Waals surface area contributed by atoms with E-state index in [1.165, 1.54) is 0 Å². The summed E-state index contributed by atoms with van der Waals surface area (Å²) in [6.45, 7) is 1.48. The number of hydrogen-bond acceptors (Lipinski definition) is 6. The molecule has 0 unspecified atom stereocenters. The Morgan fingerprint density at radius 1 is 1.11 bits per heavy atom. The number of anilines is 2. The zero-order valence-electron chi connectivity index (χ0n) is 10.5. The summed E-state index contributed by atoms with van der Waals surface area (Å²) in [4.78, 5) is 0. The third-order valence-electron chi connectivity index (χ3n) is 3.27. The van der Waals surface area contributed by atoms with Crippen molar-refractivity contribution in [3.8, 4) is 11.4 Å². The van der Waals surface area contributed by atoms with Crippen LogP contribution in [0.1, 0.15) is 18.9 Å². The molecular formula is C12H16N6O. The van der Waals surface area contributed by atoms with E-state index in [1.807, 2.05) is 16.8 Å². The highest BCUT2D eigenvalue weighted by molar-refractivity contribution is 5.67. The van der Waals surface area contributed by atoms with E-state index < -0.39 is 0 Å². The number of nitrogen functional groups attached to an aromatic ring is 2. The first-order valence-corrected chi connectivity index (χ1v) is 6.26. The van der Waals surface area contributed by atoms with Crippen LogP contribution in [0, 0.1) is 0 Å². The Kier molecular flexibility index (Phi) is 3.04. The summed E-state index contributed by atoms with van der Waals surface area (Å²) in [7, 11) is 0. The van der Waals surface area contributed by atoms with Gasteiger partial charge in [0.15, 0.2) is 5.82 Å². The van der Waals surface area contributed by atoms with Crippen LogP contribution in [-0.2, 0) is 4.74 Å². The van der Waals surface area contributed by atoms with Gasteiger partial charge in [-0.05, 0) is 41.5 Å². The molecule has 100 valence electrons. The quantitative estimate of drug-likeness (QED) is 0.776. The van der Waals surface area contributed by atoms with Crippen molar-refractivity contribution < 1.29 is 4.74 Å². The number of aromatic nitrogens is 4. The summed E-state index contributed by atoms with van der Waals surface area (Å²) in [6.07, 6.45) is 1.83. The van der Waals surface area contributed by atoms with Crippen LogP contribution in [0.15, 0.2) is 18.2 Å². The van der Waals surface area contributed by atoms with Gasteiger partial charge in [-0.3, -0.25) is 0 Å². The number of rotatable bonds is 2. The van der Waals surface area contributed by atoms with Crippen LogP contribution >= 0.6 is 0 Å². The van der Waals surface area contributed by atoms with Crippen molar-refractivity contribution in [1.29, 1.82) is 0 Å². The van der Waals surface area contributed by atoms with E-state index in [4.69, 9.17) is 16.2 Å². The zero-order valence-corrected chi connectivity index (χ0v) is 10.5. The van der Waals surface area contributed by atoms with Gasteiger partial charge in [0.05, 0.1) is 6.04 Å². The maximum atomic E-state index is 5.82. The van der Waals surface area contributed by atoms with Gasteiger partial charge in [0.1, 0.15) is 0 Å². The van der Waals surface area contributed by atoms with E-state index in [1.54, 1.807) is 6.07 Å². The lowest BCUT2D eigenvalue weighted by atomic mass is 10.1. The van der Waals surface area contributed by atoms with Gasteiger partial charge in [-0.15, -0.1) is 5.10 Å². The van der Waals surface area contributed by atoms with Gasteiger partial charge in [0.25, 0.3) is 0 Å². The number of nitrogens with zero attached hydrogens (tertiary/aromatic N) is 4. The van der Waals surface area contributed by atoms with Gasteiger partial charge < -0.3 is 16.2 Å². The van der Waals surface area contributed by atoms with Gasteiger partial charge >= 0.3 is 0 Å². The van der Waals surface area contributed by atoms with Crippen LogP contribution < -0.4 is 11.5 Å². The van der Waals surface area contributed by atoms with Gasteiger partial charge in [0, 0.05) is 30.2 Å². The fourth-order valence-electron chi connectivity index (χ4n) is 2.36. The van der Waals surface area contributed by atoms with Crippen molar-refractivity contribution >= 4 is 11.4 Å². The largest absolute Gasteiger partial charge is 0.399 e. The molecular weight excluding hydrogens is 244 g/mol. The second-order valence-electron chi connectivity index (χ2n) is 4.68. The molecule has 0 radical (unpaired) electrons. The average molecular weight is 260 g/mol. The van der Waals surface area contributed by atoms with Gasteiger partial charge in [-0.2, -0.15) is 0 Å². The van der Waals surface area contributed by atoms with Gasteiger partial charge in [0.2, 0.25) is 0 Å². The smallest absolute Gasteiger partial charge is 0.182 e. The van der Waals surface area contributed by atoms with Crippen molar-refractivity contribution in [2.75, 3.05) is 24.7 Å².